The van der Waals surface area contributed by atoms with Gasteiger partial charge in [-0.3, -0.25) is 0 Å². The number of aryl methyl sites for hydroxylation is 1. The summed E-state index contributed by atoms with van der Waals surface area (Å²) in [6, 6.07) is 22.3. The maximum absolute atomic E-state index is 4.04. The Morgan fingerprint density at radius 3 is 1.40 bits per heavy atom. The third-order valence-corrected chi connectivity index (χ3v) is 2.75. The summed E-state index contributed by atoms with van der Waals surface area (Å²) in [6.45, 7) is 15.1. The third kappa shape index (κ3) is 24.8. The first kappa shape index (κ1) is 28.3. The summed E-state index contributed by atoms with van der Waals surface area (Å²) < 4.78 is 0. The molecule has 0 nitrogen and oxygen atoms in total. The quantitative estimate of drug-likeness (QED) is 0.323. The van der Waals surface area contributed by atoms with Gasteiger partial charge in [-0.2, -0.15) is 12.6 Å². The molecule has 0 spiro atoms. The van der Waals surface area contributed by atoms with Crippen LogP contribution < -0.4 is 0 Å². The number of benzene rings is 2. The van der Waals surface area contributed by atoms with E-state index in [1.807, 2.05) is 81.2 Å². The Bertz CT molecular complexity index is 477. The van der Waals surface area contributed by atoms with Crippen molar-refractivity contribution in [1.82, 2.24) is 0 Å². The lowest BCUT2D eigenvalue weighted by Crippen LogP contribution is -1.74. The molecule has 2 rings (SSSR count). The van der Waals surface area contributed by atoms with Crippen LogP contribution in [-0.2, 0) is 0 Å². The molecule has 1 atom stereocenters. The molecule has 0 radical (unpaired) electrons. The van der Waals surface area contributed by atoms with Crippen LogP contribution in [0.1, 0.15) is 19.4 Å². The highest BCUT2D eigenvalue weighted by Gasteiger charge is 1.79. The molecule has 0 saturated heterocycles. The second-order valence-electron chi connectivity index (χ2n) is 4.15. The van der Waals surface area contributed by atoms with Crippen LogP contribution in [0.25, 0.3) is 0 Å². The fourth-order valence-corrected chi connectivity index (χ4v) is 1.49. The summed E-state index contributed by atoms with van der Waals surface area (Å²) in [5.74, 6) is 0.732. The Balaban J connectivity index is -0.000000265. The van der Waals surface area contributed by atoms with Crippen LogP contribution in [0.5, 0.6) is 0 Å². The van der Waals surface area contributed by atoms with Gasteiger partial charge >= 0.3 is 0 Å². The fraction of sp³-hybridized carbons (Fsp3) is 0.217. The highest BCUT2D eigenvalue weighted by atomic mass is 32.1. The number of thiol groups is 1. The topological polar surface area (TPSA) is 0 Å². The number of rotatable bonds is 3. The van der Waals surface area contributed by atoms with E-state index >= 15 is 0 Å². The van der Waals surface area contributed by atoms with Crippen molar-refractivity contribution in [3.8, 4) is 0 Å². The van der Waals surface area contributed by atoms with E-state index in [4.69, 9.17) is 0 Å². The monoisotopic (exact) mass is 374 g/mol. The molecule has 25 heavy (non-hydrogen) atoms. The lowest BCUT2D eigenvalue weighted by molar-refractivity contribution is 1.48. The van der Waals surface area contributed by atoms with Gasteiger partial charge in [0.15, 0.2) is 0 Å². The fourth-order valence-electron chi connectivity index (χ4n) is 1.26. The van der Waals surface area contributed by atoms with Gasteiger partial charge in [0.05, 0.1) is 0 Å². The molecule has 0 fully saturated rings. The van der Waals surface area contributed by atoms with E-state index in [9.17, 15) is 0 Å². The SMILES string of the molecule is C=C/C=C(\C=C)CS.CC.CP.Cc1ccccc1.c1ccccc1. The van der Waals surface area contributed by atoms with Crippen molar-refractivity contribution in [2.75, 3.05) is 12.4 Å². The van der Waals surface area contributed by atoms with E-state index in [2.05, 4.69) is 54.1 Å². The van der Waals surface area contributed by atoms with Crippen LogP contribution >= 0.6 is 21.9 Å². The molecule has 0 aromatic heterocycles. The molecule has 0 heterocycles. The molecule has 0 amide bonds. The third-order valence-electron chi connectivity index (χ3n) is 2.38. The van der Waals surface area contributed by atoms with Crippen molar-refractivity contribution in [1.29, 1.82) is 0 Å². The standard InChI is InChI=1S/C7H10S.C7H8.C6H6.C2H6.CH5P/c1-3-5-7(4-2)6-8;1-7-5-3-2-4-6-7;1-2-4-6-5-3-1;2*1-2/h3-5,8H,1-2,6H2;2-6H,1H3;1-6H;1-2H3;2H2,1H3/b7-5+;;;;. The van der Waals surface area contributed by atoms with E-state index in [0.717, 1.165) is 11.3 Å². The van der Waals surface area contributed by atoms with Crippen molar-refractivity contribution in [3.05, 3.63) is 109 Å². The summed E-state index contributed by atoms with van der Waals surface area (Å²) in [6.07, 6.45) is 5.39. The Kier molecular flexibility index (Phi) is 30.8. The molecular weight excluding hydrogens is 339 g/mol. The molecule has 0 bridgehead atoms. The van der Waals surface area contributed by atoms with Crippen LogP contribution in [0.15, 0.2) is 104 Å². The molecule has 2 aromatic carbocycles. The molecule has 0 N–H and O–H groups in total. The van der Waals surface area contributed by atoms with E-state index in [0.29, 0.717) is 0 Å². The Hall–Kier alpha value is -1.56. The van der Waals surface area contributed by atoms with E-state index < -0.39 is 0 Å². The highest BCUT2D eigenvalue weighted by molar-refractivity contribution is 7.80. The summed E-state index contributed by atoms with van der Waals surface area (Å²) in [7, 11) is 2.42. The zero-order valence-corrected chi connectivity index (χ0v) is 18.3. The Labute approximate surface area is 164 Å². The van der Waals surface area contributed by atoms with Gasteiger partial charge in [-0.1, -0.05) is 124 Å². The van der Waals surface area contributed by atoms with E-state index in [-0.39, 0.29) is 0 Å². The largest absolute Gasteiger partial charge is 0.175 e. The summed E-state index contributed by atoms with van der Waals surface area (Å²) in [4.78, 5) is 0. The van der Waals surface area contributed by atoms with Gasteiger partial charge in [-0.25, -0.2) is 0 Å². The van der Waals surface area contributed by atoms with Crippen molar-refractivity contribution < 1.29 is 0 Å². The lowest BCUT2D eigenvalue weighted by atomic mass is 10.2. The normalized spacial score (nSPS) is 8.32. The highest BCUT2D eigenvalue weighted by Crippen LogP contribution is 1.96. The predicted octanol–water partition coefficient (Wildman–Crippen LogP) is 7.41. The van der Waals surface area contributed by atoms with Gasteiger partial charge in [0, 0.05) is 5.75 Å². The molecule has 0 aliphatic rings. The molecule has 0 aliphatic heterocycles. The second-order valence-corrected chi connectivity index (χ2v) is 4.47. The number of allylic oxidation sites excluding steroid dienone is 3. The van der Waals surface area contributed by atoms with Crippen LogP contribution in [-0.4, -0.2) is 12.4 Å². The lowest BCUT2D eigenvalue weighted by Gasteiger charge is -1.88. The molecule has 2 heteroatoms. The molecule has 138 valence electrons. The van der Waals surface area contributed by atoms with Crippen molar-refractivity contribution in [2.24, 2.45) is 0 Å². The zero-order chi connectivity index (χ0) is 19.8. The van der Waals surface area contributed by atoms with Crippen molar-refractivity contribution in [2.45, 2.75) is 20.8 Å². The first-order chi connectivity index (χ1) is 12.2. The second kappa shape index (κ2) is 27.3. The average molecular weight is 375 g/mol. The van der Waals surface area contributed by atoms with Crippen LogP contribution in [0, 0.1) is 6.92 Å². The molecule has 2 aromatic rings. The maximum atomic E-state index is 4.04. The van der Waals surface area contributed by atoms with Gasteiger partial charge < -0.3 is 0 Å². The van der Waals surface area contributed by atoms with Crippen LogP contribution in [0.4, 0.5) is 0 Å². The van der Waals surface area contributed by atoms with Gasteiger partial charge in [0.1, 0.15) is 0 Å². The van der Waals surface area contributed by atoms with Gasteiger partial charge in [0.25, 0.3) is 0 Å². The van der Waals surface area contributed by atoms with Crippen molar-refractivity contribution in [3.63, 3.8) is 0 Å². The van der Waals surface area contributed by atoms with Crippen molar-refractivity contribution >= 4 is 21.9 Å². The molecule has 0 saturated carbocycles. The van der Waals surface area contributed by atoms with E-state index in [1.54, 1.807) is 12.2 Å². The number of hydrogen-bond acceptors (Lipinski definition) is 1. The minimum absolute atomic E-state index is 0.732. The minimum atomic E-state index is 0.732. The van der Waals surface area contributed by atoms with Gasteiger partial charge in [0.2, 0.25) is 0 Å². The smallest absolute Gasteiger partial charge is 0.0154 e. The van der Waals surface area contributed by atoms with Crippen LogP contribution in [0.3, 0.4) is 0 Å². The number of hydrogen-bond donors (Lipinski definition) is 1. The minimum Gasteiger partial charge on any atom is -0.175 e. The first-order valence-corrected chi connectivity index (χ1v) is 10.2. The zero-order valence-electron chi connectivity index (χ0n) is 16.2. The van der Waals surface area contributed by atoms with Gasteiger partial charge in [-0.05, 0) is 12.5 Å². The Morgan fingerprint density at radius 2 is 1.24 bits per heavy atom. The summed E-state index contributed by atoms with van der Waals surface area (Å²) in [5, 5.41) is 0. The average Bonchev–Trinajstić information content (AvgIpc) is 2.72. The molecule has 0 aliphatic carbocycles. The maximum Gasteiger partial charge on any atom is 0.0154 e. The summed E-state index contributed by atoms with van der Waals surface area (Å²) >= 11 is 4.04. The summed E-state index contributed by atoms with van der Waals surface area (Å²) in [5.41, 5.74) is 2.42. The first-order valence-electron chi connectivity index (χ1n) is 8.38. The Morgan fingerprint density at radius 1 is 0.880 bits per heavy atom. The van der Waals surface area contributed by atoms with E-state index in [1.165, 1.54) is 5.56 Å². The molecule has 1 unspecified atom stereocenters. The van der Waals surface area contributed by atoms with Crippen LogP contribution in [0.2, 0.25) is 0 Å². The molecular formula is C23H35PS. The predicted molar refractivity (Wildman–Crippen MR) is 127 cm³/mol. The van der Waals surface area contributed by atoms with Gasteiger partial charge in [-0.15, -0.1) is 9.24 Å².